The fourth-order valence-corrected chi connectivity index (χ4v) is 4.91. The molecule has 9 heteroatoms. The van der Waals surface area contributed by atoms with Crippen LogP contribution in [0.15, 0.2) is 41.5 Å². The van der Waals surface area contributed by atoms with Gasteiger partial charge in [0.1, 0.15) is 17.4 Å². The summed E-state index contributed by atoms with van der Waals surface area (Å²) in [6.45, 7) is 3.76. The summed E-state index contributed by atoms with van der Waals surface area (Å²) in [4.78, 5) is 32.0. The van der Waals surface area contributed by atoms with Crippen LogP contribution in [-0.2, 0) is 6.54 Å². The van der Waals surface area contributed by atoms with Crippen LogP contribution in [0.4, 0.5) is 0 Å². The van der Waals surface area contributed by atoms with Gasteiger partial charge in [-0.15, -0.1) is 24.8 Å². The number of piperidine rings is 2. The maximum absolute atomic E-state index is 13.1. The van der Waals surface area contributed by atoms with E-state index in [1.165, 1.54) is 0 Å². The molecule has 1 N–H and O–H groups in total. The molecule has 7 nitrogen and oxygen atoms in total. The number of rotatable bonds is 3. The van der Waals surface area contributed by atoms with E-state index in [0.29, 0.717) is 37.0 Å². The Morgan fingerprint density at radius 2 is 1.94 bits per heavy atom. The molecule has 2 atom stereocenters. The molecular formula is C22H28Cl2N4O3. The summed E-state index contributed by atoms with van der Waals surface area (Å²) in [6.07, 6.45) is 6.13. The van der Waals surface area contributed by atoms with Crippen molar-refractivity contribution in [2.24, 2.45) is 5.92 Å². The van der Waals surface area contributed by atoms with E-state index >= 15 is 0 Å². The van der Waals surface area contributed by atoms with Gasteiger partial charge in [-0.05, 0) is 43.1 Å². The Morgan fingerprint density at radius 1 is 1.13 bits per heavy atom. The van der Waals surface area contributed by atoms with Crippen LogP contribution in [-0.4, -0.2) is 52.6 Å². The minimum absolute atomic E-state index is 0. The molecule has 5 heterocycles. The van der Waals surface area contributed by atoms with Crippen LogP contribution in [0.3, 0.4) is 0 Å². The minimum atomic E-state index is -0.154. The molecule has 2 aromatic heterocycles. The molecule has 1 amide bonds. The van der Waals surface area contributed by atoms with Gasteiger partial charge in [-0.1, -0.05) is 0 Å². The number of nitrogens with zero attached hydrogens (tertiary/aromatic N) is 3. The lowest BCUT2D eigenvalue weighted by Crippen LogP contribution is -2.47. The average Bonchev–Trinajstić information content (AvgIpc) is 2.76. The van der Waals surface area contributed by atoms with E-state index in [-0.39, 0.29) is 42.4 Å². The number of likely N-dealkylation sites (tertiary alicyclic amines) is 1. The van der Waals surface area contributed by atoms with Crippen molar-refractivity contribution in [1.29, 1.82) is 0 Å². The summed E-state index contributed by atoms with van der Waals surface area (Å²) in [6, 6.07) is 7.47. The van der Waals surface area contributed by atoms with Crippen molar-refractivity contribution in [2.45, 2.75) is 37.8 Å². The first-order chi connectivity index (χ1) is 14.2. The van der Waals surface area contributed by atoms with E-state index < -0.39 is 0 Å². The van der Waals surface area contributed by atoms with Gasteiger partial charge in [0, 0.05) is 56.8 Å². The summed E-state index contributed by atoms with van der Waals surface area (Å²) >= 11 is 0. The number of halogens is 2. The Morgan fingerprint density at radius 3 is 2.68 bits per heavy atom. The molecule has 3 aliphatic rings. The number of carbonyl (C=O) groups is 1. The second kappa shape index (κ2) is 10.0. The van der Waals surface area contributed by atoms with Crippen molar-refractivity contribution in [3.05, 3.63) is 58.3 Å². The highest BCUT2D eigenvalue weighted by atomic mass is 35.5. The van der Waals surface area contributed by atoms with Gasteiger partial charge in [-0.25, -0.2) is 0 Å². The van der Waals surface area contributed by atoms with E-state index in [4.69, 9.17) is 4.74 Å². The third-order valence-electron chi connectivity index (χ3n) is 6.41. The van der Waals surface area contributed by atoms with E-state index in [9.17, 15) is 9.59 Å². The lowest BCUT2D eigenvalue weighted by atomic mass is 9.84. The summed E-state index contributed by atoms with van der Waals surface area (Å²) in [5.41, 5.74) is 1.24. The zero-order chi connectivity index (χ0) is 19.8. The van der Waals surface area contributed by atoms with Crippen LogP contribution in [0.1, 0.15) is 41.2 Å². The quantitative estimate of drug-likeness (QED) is 0.751. The first-order valence-electron chi connectivity index (χ1n) is 10.5. The summed E-state index contributed by atoms with van der Waals surface area (Å²) in [5, 5.41) is 3.45. The first-order valence-corrected chi connectivity index (χ1v) is 10.5. The van der Waals surface area contributed by atoms with Gasteiger partial charge in [0.05, 0.1) is 6.20 Å². The monoisotopic (exact) mass is 466 g/mol. The van der Waals surface area contributed by atoms with Crippen molar-refractivity contribution < 1.29 is 9.53 Å². The Balaban J connectivity index is 0.00000136. The molecule has 0 unspecified atom stereocenters. The summed E-state index contributed by atoms with van der Waals surface area (Å²) < 4.78 is 7.81. The minimum Gasteiger partial charge on any atom is -0.489 e. The molecule has 2 bridgehead atoms. The van der Waals surface area contributed by atoms with Crippen molar-refractivity contribution in [3.8, 4) is 5.75 Å². The number of hydrogen-bond donors (Lipinski definition) is 1. The molecule has 0 radical (unpaired) electrons. The molecule has 2 fully saturated rings. The first kappa shape index (κ1) is 23.6. The second-order valence-corrected chi connectivity index (χ2v) is 8.34. The van der Waals surface area contributed by atoms with Crippen LogP contribution in [0.25, 0.3) is 0 Å². The fourth-order valence-electron chi connectivity index (χ4n) is 4.91. The number of aromatic nitrogens is 2. The standard InChI is InChI=1S/C22H26N4O3.2ClH/c27-21(25-8-5-17(6-9-25)29-18-2-1-7-23-13-18)19-3-4-20-16-10-15(11-24-12-16)14-26(20)22(19)28;;/h1-4,7,13,15-17,24H,5-6,8-12,14H2;2*1H/t15-,16+;;/m0../s1. The van der Waals surface area contributed by atoms with Crippen LogP contribution >= 0.6 is 24.8 Å². The summed E-state index contributed by atoms with van der Waals surface area (Å²) in [5.74, 6) is 1.45. The number of amides is 1. The Kier molecular flexibility index (Phi) is 7.62. The Labute approximate surface area is 194 Å². The lowest BCUT2D eigenvalue weighted by molar-refractivity contribution is 0.0592. The fraction of sp³-hybridized carbons (Fsp3) is 0.500. The van der Waals surface area contributed by atoms with E-state index in [0.717, 1.165) is 43.8 Å². The molecule has 2 saturated heterocycles. The molecule has 31 heavy (non-hydrogen) atoms. The normalized spacial score (nSPS) is 22.5. The van der Waals surface area contributed by atoms with Crippen LogP contribution in [0, 0.1) is 5.92 Å². The van der Waals surface area contributed by atoms with Crippen molar-refractivity contribution in [1.82, 2.24) is 19.8 Å². The molecule has 168 valence electrons. The van der Waals surface area contributed by atoms with Gasteiger partial charge in [-0.2, -0.15) is 0 Å². The Bertz CT molecular complexity index is 961. The van der Waals surface area contributed by atoms with Crippen molar-refractivity contribution in [3.63, 3.8) is 0 Å². The predicted molar refractivity (Wildman–Crippen MR) is 123 cm³/mol. The number of hydrogen-bond acceptors (Lipinski definition) is 5. The predicted octanol–water partition coefficient (Wildman–Crippen LogP) is 2.48. The van der Waals surface area contributed by atoms with E-state index in [1.807, 2.05) is 22.8 Å². The van der Waals surface area contributed by atoms with Gasteiger partial charge in [0.15, 0.2) is 0 Å². The van der Waals surface area contributed by atoms with Crippen molar-refractivity contribution >= 4 is 30.7 Å². The number of fused-ring (bicyclic) bond motifs is 4. The van der Waals surface area contributed by atoms with Gasteiger partial charge in [0.2, 0.25) is 0 Å². The zero-order valence-electron chi connectivity index (χ0n) is 17.2. The van der Waals surface area contributed by atoms with Crippen molar-refractivity contribution in [2.75, 3.05) is 26.2 Å². The molecule has 0 spiro atoms. The number of ether oxygens (including phenoxy) is 1. The molecular weight excluding hydrogens is 439 g/mol. The highest BCUT2D eigenvalue weighted by Crippen LogP contribution is 2.31. The molecule has 0 aromatic carbocycles. The van der Waals surface area contributed by atoms with Gasteiger partial charge in [-0.3, -0.25) is 14.6 Å². The number of pyridine rings is 2. The van der Waals surface area contributed by atoms with E-state index in [2.05, 4.69) is 10.3 Å². The summed E-state index contributed by atoms with van der Waals surface area (Å²) in [7, 11) is 0. The Hall–Kier alpha value is -2.09. The maximum Gasteiger partial charge on any atom is 0.263 e. The maximum atomic E-state index is 13.1. The third-order valence-corrected chi connectivity index (χ3v) is 6.41. The highest BCUT2D eigenvalue weighted by molar-refractivity contribution is 5.94. The number of nitrogens with one attached hydrogen (secondary N) is 1. The zero-order valence-corrected chi connectivity index (χ0v) is 18.9. The van der Waals surface area contributed by atoms with Gasteiger partial charge in [0.25, 0.3) is 11.5 Å². The molecule has 3 aliphatic heterocycles. The second-order valence-electron chi connectivity index (χ2n) is 8.34. The highest BCUT2D eigenvalue weighted by Gasteiger charge is 2.33. The smallest absolute Gasteiger partial charge is 0.263 e. The largest absolute Gasteiger partial charge is 0.489 e. The lowest BCUT2D eigenvalue weighted by Gasteiger charge is -2.38. The van der Waals surface area contributed by atoms with Crippen LogP contribution in [0.5, 0.6) is 5.75 Å². The SMILES string of the molecule is Cl.Cl.O=C(c1ccc2n(c1=O)C[C@@H]1CNC[C@H]2C1)N1CCC(Oc2cccnc2)CC1. The van der Waals surface area contributed by atoms with Gasteiger partial charge >= 0.3 is 0 Å². The molecule has 2 aromatic rings. The molecule has 5 rings (SSSR count). The third kappa shape index (κ3) is 4.73. The number of carbonyl (C=O) groups excluding carboxylic acids is 1. The van der Waals surface area contributed by atoms with Crippen LogP contribution in [0.2, 0.25) is 0 Å². The topological polar surface area (TPSA) is 76.5 Å². The molecule has 0 saturated carbocycles. The van der Waals surface area contributed by atoms with Crippen LogP contribution < -0.4 is 15.6 Å². The van der Waals surface area contributed by atoms with Gasteiger partial charge < -0.3 is 19.5 Å². The average molecular weight is 467 g/mol. The van der Waals surface area contributed by atoms with E-state index in [1.54, 1.807) is 23.4 Å². The molecule has 0 aliphatic carbocycles.